The molecule has 1 aliphatic heterocycles. The Kier molecular flexibility index (Phi) is 7.95. The molecule has 0 saturated carbocycles. The van der Waals surface area contributed by atoms with Gasteiger partial charge in [0, 0.05) is 42.9 Å². The van der Waals surface area contributed by atoms with Crippen molar-refractivity contribution in [3.05, 3.63) is 101 Å². The van der Waals surface area contributed by atoms with Gasteiger partial charge in [0.1, 0.15) is 5.76 Å². The summed E-state index contributed by atoms with van der Waals surface area (Å²) in [5.74, 6) is -0.693. The van der Waals surface area contributed by atoms with E-state index in [-0.39, 0.29) is 43.1 Å². The second-order valence-electron chi connectivity index (χ2n) is 8.46. The minimum absolute atomic E-state index is 0.107. The number of ether oxygens (including phenoxy) is 1. The van der Waals surface area contributed by atoms with Crippen LogP contribution in [-0.2, 0) is 27.3 Å². The van der Waals surface area contributed by atoms with Gasteiger partial charge in [0.25, 0.3) is 5.91 Å². The predicted octanol–water partition coefficient (Wildman–Crippen LogP) is 4.00. The molecular weight excluding hydrogens is 458 g/mol. The highest BCUT2D eigenvalue weighted by molar-refractivity contribution is 5.96. The van der Waals surface area contributed by atoms with E-state index < -0.39 is 5.97 Å². The summed E-state index contributed by atoms with van der Waals surface area (Å²) in [5.41, 5.74) is 2.75. The Morgan fingerprint density at radius 1 is 1.11 bits per heavy atom. The molecule has 1 aliphatic rings. The van der Waals surface area contributed by atoms with Crippen molar-refractivity contribution in [2.75, 3.05) is 13.2 Å². The van der Waals surface area contributed by atoms with Crippen molar-refractivity contribution in [3.63, 3.8) is 0 Å². The van der Waals surface area contributed by atoms with Crippen molar-refractivity contribution < 1.29 is 23.5 Å². The number of rotatable bonds is 9. The summed E-state index contributed by atoms with van der Waals surface area (Å²) < 4.78 is 11.1. The molecule has 2 aromatic heterocycles. The molecule has 4 rings (SSSR count). The van der Waals surface area contributed by atoms with Crippen LogP contribution in [-0.4, -0.2) is 40.8 Å². The zero-order chi connectivity index (χ0) is 25.5. The summed E-state index contributed by atoms with van der Waals surface area (Å²) in [6.45, 7) is 4.26. The topological polar surface area (TPSA) is 102 Å². The molecule has 1 atom stereocenters. The van der Waals surface area contributed by atoms with Crippen LogP contribution in [0.3, 0.4) is 0 Å². The Bertz CT molecular complexity index is 1250. The molecule has 0 bridgehead atoms. The number of nitrogens with zero attached hydrogens (tertiary/aromatic N) is 2. The molecule has 8 heteroatoms. The van der Waals surface area contributed by atoms with E-state index >= 15 is 0 Å². The number of nitrogens with one attached hydrogen (secondary N) is 1. The summed E-state index contributed by atoms with van der Waals surface area (Å²) >= 11 is 0. The summed E-state index contributed by atoms with van der Waals surface area (Å²) in [5, 5.41) is 2.82. The number of aromatic nitrogens is 1. The van der Waals surface area contributed by atoms with Crippen LogP contribution < -0.4 is 5.32 Å². The van der Waals surface area contributed by atoms with Crippen LogP contribution in [0.15, 0.2) is 82.5 Å². The Morgan fingerprint density at radius 3 is 2.61 bits per heavy atom. The molecule has 0 saturated heterocycles. The number of carbonyl (C=O) groups excluding carboxylic acids is 3. The van der Waals surface area contributed by atoms with Crippen LogP contribution in [0.1, 0.15) is 53.8 Å². The van der Waals surface area contributed by atoms with E-state index in [1.54, 1.807) is 32.2 Å². The molecule has 8 nitrogen and oxygen atoms in total. The van der Waals surface area contributed by atoms with Gasteiger partial charge >= 0.3 is 5.97 Å². The summed E-state index contributed by atoms with van der Waals surface area (Å²) in [4.78, 5) is 44.3. The molecule has 186 valence electrons. The molecule has 0 spiro atoms. The Hall–Kier alpha value is -4.20. The molecule has 0 aliphatic carbocycles. The second kappa shape index (κ2) is 11.5. The molecule has 3 aromatic rings. The predicted molar refractivity (Wildman–Crippen MR) is 133 cm³/mol. The minimum Gasteiger partial charge on any atom is -0.463 e. The van der Waals surface area contributed by atoms with Crippen LogP contribution >= 0.6 is 0 Å². The van der Waals surface area contributed by atoms with Gasteiger partial charge in [0.15, 0.2) is 5.76 Å². The number of amides is 2. The van der Waals surface area contributed by atoms with E-state index in [4.69, 9.17) is 9.15 Å². The average molecular weight is 488 g/mol. The zero-order valence-electron chi connectivity index (χ0n) is 20.4. The van der Waals surface area contributed by atoms with Gasteiger partial charge in [0.05, 0.1) is 18.7 Å². The third-order valence-electron chi connectivity index (χ3n) is 6.11. The number of benzene rings is 1. The lowest BCUT2D eigenvalue weighted by molar-refractivity contribution is -0.140. The van der Waals surface area contributed by atoms with Gasteiger partial charge in [0.2, 0.25) is 5.91 Å². The van der Waals surface area contributed by atoms with E-state index in [1.807, 2.05) is 48.5 Å². The SMILES string of the molecule is CCOC(=O)C1=C(C)N(Cc2ccc(C(=O)NCCc3ccccn3)o2)C(=O)CC1c1ccccc1. The monoisotopic (exact) mass is 487 g/mol. The maximum absolute atomic E-state index is 13.1. The van der Waals surface area contributed by atoms with Gasteiger partial charge in [-0.2, -0.15) is 0 Å². The van der Waals surface area contributed by atoms with Crippen molar-refractivity contribution >= 4 is 17.8 Å². The van der Waals surface area contributed by atoms with E-state index in [0.717, 1.165) is 11.3 Å². The van der Waals surface area contributed by atoms with Crippen LogP contribution in [0.25, 0.3) is 0 Å². The second-order valence-corrected chi connectivity index (χ2v) is 8.46. The van der Waals surface area contributed by atoms with Gasteiger partial charge in [-0.15, -0.1) is 0 Å². The molecule has 0 fully saturated rings. The molecule has 1 N–H and O–H groups in total. The average Bonchev–Trinajstić information content (AvgIpc) is 3.36. The van der Waals surface area contributed by atoms with Crippen molar-refractivity contribution in [1.29, 1.82) is 0 Å². The van der Waals surface area contributed by atoms with Gasteiger partial charge in [-0.3, -0.25) is 14.6 Å². The Morgan fingerprint density at radius 2 is 1.89 bits per heavy atom. The number of hydrogen-bond donors (Lipinski definition) is 1. The first-order valence-electron chi connectivity index (χ1n) is 12.0. The molecule has 0 radical (unpaired) electrons. The highest BCUT2D eigenvalue weighted by Gasteiger charge is 2.37. The number of esters is 1. The molecule has 36 heavy (non-hydrogen) atoms. The molecular formula is C28H29N3O5. The number of hydrogen-bond acceptors (Lipinski definition) is 6. The molecule has 3 heterocycles. The first-order chi connectivity index (χ1) is 17.5. The first-order valence-corrected chi connectivity index (χ1v) is 12.0. The van der Waals surface area contributed by atoms with Gasteiger partial charge in [-0.25, -0.2) is 4.79 Å². The first kappa shape index (κ1) is 24.9. The fourth-order valence-electron chi connectivity index (χ4n) is 4.32. The van der Waals surface area contributed by atoms with E-state index in [2.05, 4.69) is 10.3 Å². The fourth-order valence-corrected chi connectivity index (χ4v) is 4.32. The maximum atomic E-state index is 13.1. The third kappa shape index (κ3) is 5.71. The summed E-state index contributed by atoms with van der Waals surface area (Å²) in [6, 6.07) is 18.4. The smallest absolute Gasteiger partial charge is 0.336 e. The van der Waals surface area contributed by atoms with E-state index in [9.17, 15) is 14.4 Å². The zero-order valence-corrected chi connectivity index (χ0v) is 20.4. The summed E-state index contributed by atoms with van der Waals surface area (Å²) in [7, 11) is 0. The lowest BCUT2D eigenvalue weighted by atomic mass is 9.83. The van der Waals surface area contributed by atoms with Crippen molar-refractivity contribution in [3.8, 4) is 0 Å². The number of carbonyl (C=O) groups is 3. The number of furan rings is 1. The molecule has 1 unspecified atom stereocenters. The standard InChI is InChI=1S/C28H29N3O5/c1-3-35-28(34)26-19(2)31(25(32)17-23(26)20-9-5-4-6-10-20)18-22-12-13-24(36-22)27(33)30-16-14-21-11-7-8-15-29-21/h4-13,15,23H,3,14,16-18H2,1-2H3,(H,30,33). The maximum Gasteiger partial charge on any atom is 0.336 e. The van der Waals surface area contributed by atoms with Crippen molar-refractivity contribution in [2.24, 2.45) is 0 Å². The van der Waals surface area contributed by atoms with Gasteiger partial charge < -0.3 is 19.4 Å². The molecule has 1 aromatic carbocycles. The lowest BCUT2D eigenvalue weighted by Crippen LogP contribution is -2.38. The van der Waals surface area contributed by atoms with Crippen molar-refractivity contribution in [2.45, 2.75) is 39.2 Å². The highest BCUT2D eigenvalue weighted by Crippen LogP contribution is 2.37. The number of allylic oxidation sites excluding steroid dienone is 1. The highest BCUT2D eigenvalue weighted by atomic mass is 16.5. The van der Waals surface area contributed by atoms with Gasteiger partial charge in [-0.05, 0) is 43.7 Å². The van der Waals surface area contributed by atoms with Crippen LogP contribution in [0, 0.1) is 0 Å². The third-order valence-corrected chi connectivity index (χ3v) is 6.11. The quantitative estimate of drug-likeness (QED) is 0.458. The minimum atomic E-state index is -0.436. The normalized spacial score (nSPS) is 15.7. The van der Waals surface area contributed by atoms with Crippen LogP contribution in [0.2, 0.25) is 0 Å². The van der Waals surface area contributed by atoms with Crippen molar-refractivity contribution in [1.82, 2.24) is 15.2 Å². The lowest BCUT2D eigenvalue weighted by Gasteiger charge is -2.34. The Balaban J connectivity index is 1.48. The van der Waals surface area contributed by atoms with E-state index in [0.29, 0.717) is 30.0 Å². The largest absolute Gasteiger partial charge is 0.463 e. The van der Waals surface area contributed by atoms with E-state index in [1.165, 1.54) is 4.90 Å². The van der Waals surface area contributed by atoms with Crippen LogP contribution in [0.5, 0.6) is 0 Å². The summed E-state index contributed by atoms with van der Waals surface area (Å²) in [6.07, 6.45) is 2.45. The van der Waals surface area contributed by atoms with Crippen LogP contribution in [0.4, 0.5) is 0 Å². The number of pyridine rings is 1. The molecule has 2 amide bonds. The fraction of sp³-hybridized carbons (Fsp3) is 0.286. The van der Waals surface area contributed by atoms with Gasteiger partial charge in [-0.1, -0.05) is 36.4 Å². The Labute approximate surface area is 210 Å².